The van der Waals surface area contributed by atoms with Crippen LogP contribution in [0, 0.1) is 19.3 Å². The van der Waals surface area contributed by atoms with E-state index in [1.807, 2.05) is 42.5 Å². The Kier molecular flexibility index (Phi) is 5.44. The SMILES string of the molecule is C#C/C=C\c1ccc2oc3c(-c4cccc(-c5nc6ccccc6c6nc7ccccn7c56)c4)cc4ccccc4c3c2c1C. The lowest BCUT2D eigenvalue weighted by molar-refractivity contribution is 0.670. The molecule has 0 bridgehead atoms. The van der Waals surface area contributed by atoms with Gasteiger partial charge in [0.05, 0.1) is 16.7 Å². The number of aromatic nitrogens is 3. The average molecular weight is 576 g/mol. The molecule has 4 heteroatoms. The Balaban J connectivity index is 1.34. The lowest BCUT2D eigenvalue weighted by Crippen LogP contribution is -1.92. The zero-order valence-corrected chi connectivity index (χ0v) is 24.5. The van der Waals surface area contributed by atoms with E-state index in [0.717, 1.165) is 93.8 Å². The number of fused-ring (bicyclic) bond motifs is 10. The number of rotatable bonds is 3. The summed E-state index contributed by atoms with van der Waals surface area (Å²) in [6, 6.07) is 37.8. The molecule has 4 heterocycles. The first kappa shape index (κ1) is 25.3. The van der Waals surface area contributed by atoms with Gasteiger partial charge in [-0.2, -0.15) is 0 Å². The molecule has 0 amide bonds. The van der Waals surface area contributed by atoms with Crippen molar-refractivity contribution < 1.29 is 4.42 Å². The Morgan fingerprint density at radius 1 is 0.778 bits per heavy atom. The molecule has 0 N–H and O–H groups in total. The van der Waals surface area contributed by atoms with Crippen LogP contribution in [-0.2, 0) is 0 Å². The molecule has 0 radical (unpaired) electrons. The first-order valence-electron chi connectivity index (χ1n) is 15.0. The molecule has 0 unspecified atom stereocenters. The number of allylic oxidation sites excluding steroid dienone is 1. The molecule has 45 heavy (non-hydrogen) atoms. The van der Waals surface area contributed by atoms with E-state index >= 15 is 0 Å². The van der Waals surface area contributed by atoms with Crippen molar-refractivity contribution >= 4 is 66.4 Å². The summed E-state index contributed by atoms with van der Waals surface area (Å²) >= 11 is 0. The van der Waals surface area contributed by atoms with Crippen LogP contribution in [0.2, 0.25) is 0 Å². The Hall–Kier alpha value is -6.18. The van der Waals surface area contributed by atoms with Crippen molar-refractivity contribution in [2.24, 2.45) is 0 Å². The minimum Gasteiger partial charge on any atom is -0.455 e. The summed E-state index contributed by atoms with van der Waals surface area (Å²) in [6.45, 7) is 2.14. The second kappa shape index (κ2) is 9.67. The van der Waals surface area contributed by atoms with Crippen LogP contribution in [0.4, 0.5) is 0 Å². The largest absolute Gasteiger partial charge is 0.455 e. The fourth-order valence-electron chi connectivity index (χ4n) is 6.81. The molecular weight excluding hydrogens is 550 g/mol. The van der Waals surface area contributed by atoms with Crippen LogP contribution in [0.5, 0.6) is 0 Å². The fraction of sp³-hybridized carbons (Fsp3) is 0.0244. The number of imidazole rings is 1. The number of para-hydroxylation sites is 1. The van der Waals surface area contributed by atoms with Gasteiger partial charge in [0.15, 0.2) is 0 Å². The predicted octanol–water partition coefficient (Wildman–Crippen LogP) is 10.4. The lowest BCUT2D eigenvalue weighted by atomic mass is 9.93. The van der Waals surface area contributed by atoms with Gasteiger partial charge in [0.2, 0.25) is 0 Å². The quantitative estimate of drug-likeness (QED) is 0.197. The molecule has 0 spiro atoms. The van der Waals surface area contributed by atoms with Gasteiger partial charge >= 0.3 is 0 Å². The highest BCUT2D eigenvalue weighted by Crippen LogP contribution is 2.43. The van der Waals surface area contributed by atoms with E-state index in [0.29, 0.717) is 0 Å². The van der Waals surface area contributed by atoms with Crippen molar-refractivity contribution in [1.29, 1.82) is 0 Å². The van der Waals surface area contributed by atoms with Gasteiger partial charge in [0, 0.05) is 33.5 Å². The lowest BCUT2D eigenvalue weighted by Gasteiger charge is -2.11. The molecule has 9 rings (SSSR count). The van der Waals surface area contributed by atoms with Crippen molar-refractivity contribution in [2.45, 2.75) is 6.92 Å². The maximum atomic E-state index is 6.71. The summed E-state index contributed by atoms with van der Waals surface area (Å²) in [6.07, 6.45) is 11.3. The van der Waals surface area contributed by atoms with Gasteiger partial charge in [-0.1, -0.05) is 78.7 Å². The predicted molar refractivity (Wildman–Crippen MR) is 186 cm³/mol. The highest BCUT2D eigenvalue weighted by molar-refractivity contribution is 6.23. The monoisotopic (exact) mass is 575 g/mol. The Morgan fingerprint density at radius 3 is 2.51 bits per heavy atom. The second-order valence-electron chi connectivity index (χ2n) is 11.4. The number of nitrogens with zero attached hydrogens (tertiary/aromatic N) is 3. The molecule has 9 aromatic rings. The minimum absolute atomic E-state index is 0.859. The summed E-state index contributed by atoms with van der Waals surface area (Å²) in [5.41, 5.74) is 11.7. The molecule has 5 aromatic carbocycles. The molecule has 0 aliphatic rings. The molecule has 0 aliphatic heterocycles. The van der Waals surface area contributed by atoms with Gasteiger partial charge in [-0.05, 0) is 82.9 Å². The Labute approximate surface area is 258 Å². The first-order chi connectivity index (χ1) is 22.2. The minimum atomic E-state index is 0.859. The van der Waals surface area contributed by atoms with E-state index < -0.39 is 0 Å². The third-order valence-electron chi connectivity index (χ3n) is 8.88. The van der Waals surface area contributed by atoms with E-state index in [9.17, 15) is 0 Å². The van der Waals surface area contributed by atoms with Crippen molar-refractivity contribution in [2.75, 3.05) is 0 Å². The number of pyridine rings is 2. The van der Waals surface area contributed by atoms with E-state index in [2.05, 4.69) is 96.2 Å². The van der Waals surface area contributed by atoms with Crippen LogP contribution in [0.15, 0.2) is 126 Å². The molecule has 0 aliphatic carbocycles. The van der Waals surface area contributed by atoms with Crippen LogP contribution in [0.1, 0.15) is 11.1 Å². The molecule has 0 atom stereocenters. The van der Waals surface area contributed by atoms with E-state index in [1.54, 1.807) is 6.08 Å². The average Bonchev–Trinajstić information content (AvgIpc) is 3.68. The summed E-state index contributed by atoms with van der Waals surface area (Å²) < 4.78 is 8.85. The maximum absolute atomic E-state index is 6.71. The van der Waals surface area contributed by atoms with Gasteiger partial charge in [-0.25, -0.2) is 9.97 Å². The standard InChI is InChI=1S/C41H25N3O/c1-3-4-12-26-20-21-34-36(25(26)2)37-30-16-6-5-13-28(30)24-32(41(37)45-34)27-14-11-15-29(23-27)38-40-39(31-17-7-8-18-33(31)42-38)43-35-19-9-10-22-44(35)40/h1,4-24H,2H3/b12-4-. The zero-order chi connectivity index (χ0) is 30.1. The number of benzene rings is 5. The first-order valence-corrected chi connectivity index (χ1v) is 15.0. The molecule has 0 fully saturated rings. The van der Waals surface area contributed by atoms with Crippen LogP contribution in [0.25, 0.3) is 88.8 Å². The van der Waals surface area contributed by atoms with Gasteiger partial charge < -0.3 is 4.42 Å². The number of furan rings is 1. The number of hydrogen-bond donors (Lipinski definition) is 0. The molecular formula is C41H25N3O. The van der Waals surface area contributed by atoms with Gasteiger partial charge in [0.1, 0.15) is 22.3 Å². The van der Waals surface area contributed by atoms with Gasteiger partial charge in [0.25, 0.3) is 0 Å². The molecule has 0 saturated carbocycles. The highest BCUT2D eigenvalue weighted by atomic mass is 16.3. The smallest absolute Gasteiger partial charge is 0.143 e. The molecule has 4 aromatic heterocycles. The summed E-state index contributed by atoms with van der Waals surface area (Å²) in [5, 5.41) is 5.59. The highest BCUT2D eigenvalue weighted by Gasteiger charge is 2.20. The van der Waals surface area contributed by atoms with E-state index in [-0.39, 0.29) is 0 Å². The summed E-state index contributed by atoms with van der Waals surface area (Å²) in [4.78, 5) is 10.3. The molecule has 0 saturated heterocycles. The Morgan fingerprint density at radius 2 is 1.60 bits per heavy atom. The van der Waals surface area contributed by atoms with Crippen molar-refractivity contribution in [3.8, 4) is 34.7 Å². The molecule has 4 nitrogen and oxygen atoms in total. The van der Waals surface area contributed by atoms with Crippen LogP contribution >= 0.6 is 0 Å². The number of terminal acetylenes is 1. The third-order valence-corrected chi connectivity index (χ3v) is 8.88. The van der Waals surface area contributed by atoms with Gasteiger partial charge in [-0.15, -0.1) is 6.42 Å². The zero-order valence-electron chi connectivity index (χ0n) is 24.5. The van der Waals surface area contributed by atoms with Crippen molar-refractivity contribution in [1.82, 2.24) is 14.4 Å². The maximum Gasteiger partial charge on any atom is 0.143 e. The van der Waals surface area contributed by atoms with Crippen LogP contribution in [-0.4, -0.2) is 14.4 Å². The topological polar surface area (TPSA) is 43.3 Å². The summed E-state index contributed by atoms with van der Waals surface area (Å²) in [5.74, 6) is 2.62. The number of hydrogen-bond acceptors (Lipinski definition) is 3. The Bertz CT molecular complexity index is 2740. The fourth-order valence-corrected chi connectivity index (χ4v) is 6.81. The van der Waals surface area contributed by atoms with E-state index in [4.69, 9.17) is 20.8 Å². The summed E-state index contributed by atoms with van der Waals surface area (Å²) in [7, 11) is 0. The number of aryl methyl sites for hydroxylation is 1. The van der Waals surface area contributed by atoms with Crippen molar-refractivity contribution in [3.63, 3.8) is 0 Å². The van der Waals surface area contributed by atoms with Gasteiger partial charge in [-0.3, -0.25) is 4.40 Å². The van der Waals surface area contributed by atoms with Crippen LogP contribution < -0.4 is 0 Å². The second-order valence-corrected chi connectivity index (χ2v) is 11.4. The van der Waals surface area contributed by atoms with E-state index in [1.165, 1.54) is 0 Å². The van der Waals surface area contributed by atoms with Crippen LogP contribution in [0.3, 0.4) is 0 Å². The normalized spacial score (nSPS) is 12.0. The van der Waals surface area contributed by atoms with Crippen molar-refractivity contribution in [3.05, 3.63) is 133 Å². The molecule has 210 valence electrons. The third kappa shape index (κ3) is 3.75.